The molecular formula is C18H25FO. The number of hydrogen-bond acceptors (Lipinski definition) is 1. The molecule has 1 nitrogen and oxygen atoms in total. The van der Waals surface area contributed by atoms with E-state index in [0.29, 0.717) is 12.0 Å². The zero-order valence-corrected chi connectivity index (χ0v) is 12.4. The first kappa shape index (κ1) is 13.9. The molecule has 1 unspecified atom stereocenters. The summed E-state index contributed by atoms with van der Waals surface area (Å²) in [5.41, 5.74) is 1.17. The topological polar surface area (TPSA) is 9.23 Å². The van der Waals surface area contributed by atoms with Crippen molar-refractivity contribution in [3.8, 4) is 5.75 Å². The van der Waals surface area contributed by atoms with Crippen LogP contribution in [0.4, 0.5) is 4.39 Å². The second-order valence-electron chi connectivity index (χ2n) is 6.52. The van der Waals surface area contributed by atoms with Crippen LogP contribution in [0.3, 0.4) is 0 Å². The lowest BCUT2D eigenvalue weighted by molar-refractivity contribution is 0.0755. The van der Waals surface area contributed by atoms with Crippen molar-refractivity contribution >= 4 is 0 Å². The van der Waals surface area contributed by atoms with Crippen LogP contribution in [-0.2, 0) is 6.42 Å². The van der Waals surface area contributed by atoms with Crippen molar-refractivity contribution in [3.63, 3.8) is 0 Å². The summed E-state index contributed by atoms with van der Waals surface area (Å²) in [6.07, 6.45) is 10.4. The van der Waals surface area contributed by atoms with Crippen molar-refractivity contribution in [3.05, 3.63) is 29.6 Å². The molecule has 1 aromatic carbocycles. The van der Waals surface area contributed by atoms with Crippen LogP contribution >= 0.6 is 0 Å². The Kier molecular flexibility index (Phi) is 4.28. The molecule has 0 amide bonds. The van der Waals surface area contributed by atoms with E-state index < -0.39 is 0 Å². The largest absolute Gasteiger partial charge is 0.490 e. The number of halogens is 1. The molecule has 1 aliphatic heterocycles. The highest BCUT2D eigenvalue weighted by Crippen LogP contribution is 2.38. The average Bonchev–Trinajstić information content (AvgIpc) is 2.47. The molecule has 110 valence electrons. The molecule has 0 aromatic heterocycles. The van der Waals surface area contributed by atoms with Gasteiger partial charge < -0.3 is 4.74 Å². The minimum Gasteiger partial charge on any atom is -0.490 e. The van der Waals surface area contributed by atoms with Crippen molar-refractivity contribution in [1.29, 1.82) is 0 Å². The van der Waals surface area contributed by atoms with Crippen molar-refractivity contribution < 1.29 is 9.13 Å². The van der Waals surface area contributed by atoms with E-state index in [0.717, 1.165) is 24.5 Å². The number of aryl methyl sites for hydroxylation is 1. The third-order valence-electron chi connectivity index (χ3n) is 5.12. The fraction of sp³-hybridized carbons (Fsp3) is 0.667. The van der Waals surface area contributed by atoms with E-state index >= 15 is 0 Å². The van der Waals surface area contributed by atoms with E-state index in [1.165, 1.54) is 44.1 Å². The number of rotatable bonds is 3. The Morgan fingerprint density at radius 1 is 1.15 bits per heavy atom. The molecule has 20 heavy (non-hydrogen) atoms. The zero-order valence-electron chi connectivity index (χ0n) is 12.4. The Hall–Kier alpha value is -1.05. The van der Waals surface area contributed by atoms with E-state index in [-0.39, 0.29) is 5.82 Å². The van der Waals surface area contributed by atoms with Gasteiger partial charge >= 0.3 is 0 Å². The first-order valence-corrected chi connectivity index (χ1v) is 8.21. The normalized spacial score (nSPS) is 29.6. The van der Waals surface area contributed by atoms with Gasteiger partial charge in [0.05, 0.1) is 0 Å². The van der Waals surface area contributed by atoms with Crippen LogP contribution in [0.1, 0.15) is 57.4 Å². The van der Waals surface area contributed by atoms with Crippen molar-refractivity contribution in [2.45, 2.75) is 64.4 Å². The third-order valence-corrected chi connectivity index (χ3v) is 5.12. The summed E-state index contributed by atoms with van der Waals surface area (Å²) in [6.45, 7) is 2.28. The maximum Gasteiger partial charge on any atom is 0.126 e. The minimum absolute atomic E-state index is 0.184. The molecule has 3 rings (SSSR count). The van der Waals surface area contributed by atoms with Gasteiger partial charge in [0, 0.05) is 6.07 Å². The van der Waals surface area contributed by atoms with Crippen LogP contribution in [-0.4, -0.2) is 6.10 Å². The Morgan fingerprint density at radius 2 is 1.95 bits per heavy atom. The molecule has 0 N–H and O–H groups in total. The molecule has 2 aliphatic rings. The number of ether oxygens (including phenoxy) is 1. The smallest absolute Gasteiger partial charge is 0.126 e. The summed E-state index contributed by atoms with van der Waals surface area (Å²) in [6, 6.07) is 4.97. The summed E-state index contributed by atoms with van der Waals surface area (Å²) in [4.78, 5) is 0. The van der Waals surface area contributed by atoms with Gasteiger partial charge in [0.15, 0.2) is 0 Å². The van der Waals surface area contributed by atoms with Crippen LogP contribution in [0.2, 0.25) is 0 Å². The highest BCUT2D eigenvalue weighted by atomic mass is 19.1. The second-order valence-corrected chi connectivity index (χ2v) is 6.52. The lowest BCUT2D eigenvalue weighted by atomic mass is 9.76. The minimum atomic E-state index is -0.184. The van der Waals surface area contributed by atoms with Crippen LogP contribution in [0.15, 0.2) is 18.2 Å². The maximum absolute atomic E-state index is 13.3. The monoisotopic (exact) mass is 276 g/mol. The predicted octanol–water partition coefficient (Wildman–Crippen LogP) is 5.13. The van der Waals surface area contributed by atoms with Gasteiger partial charge in [-0.1, -0.05) is 38.7 Å². The molecule has 1 fully saturated rings. The van der Waals surface area contributed by atoms with E-state index in [2.05, 4.69) is 6.92 Å². The van der Waals surface area contributed by atoms with Gasteiger partial charge in [-0.2, -0.15) is 0 Å². The standard InChI is InChI=1S/C18H25FO/c1-2-3-13-4-6-14(7-5-13)17-11-9-15-8-10-16(19)12-18(15)20-17/h8,10,12-14,17H,2-7,9,11H2,1H3. The summed E-state index contributed by atoms with van der Waals surface area (Å²) >= 11 is 0. The SMILES string of the molecule is CCCC1CCC(C2CCc3ccc(F)cc3O2)CC1. The van der Waals surface area contributed by atoms with Gasteiger partial charge in [0.2, 0.25) is 0 Å². The molecule has 1 aromatic rings. The van der Waals surface area contributed by atoms with Crippen molar-refractivity contribution in [2.75, 3.05) is 0 Å². The molecule has 0 saturated heterocycles. The molecule has 0 radical (unpaired) electrons. The van der Waals surface area contributed by atoms with Gasteiger partial charge in [0.25, 0.3) is 0 Å². The van der Waals surface area contributed by atoms with Crippen LogP contribution in [0.5, 0.6) is 5.75 Å². The summed E-state index contributed by atoms with van der Waals surface area (Å²) in [5.74, 6) is 2.22. The van der Waals surface area contributed by atoms with E-state index in [4.69, 9.17) is 4.74 Å². The Labute approximate surface area is 121 Å². The Bertz CT molecular complexity index is 449. The molecular weight excluding hydrogens is 251 g/mol. The van der Waals surface area contributed by atoms with Crippen LogP contribution in [0, 0.1) is 17.7 Å². The molecule has 1 heterocycles. The first-order valence-electron chi connectivity index (χ1n) is 8.21. The highest BCUT2D eigenvalue weighted by molar-refractivity contribution is 5.35. The van der Waals surface area contributed by atoms with E-state index in [1.807, 2.05) is 6.07 Å². The Morgan fingerprint density at radius 3 is 2.70 bits per heavy atom. The summed E-state index contributed by atoms with van der Waals surface area (Å²) < 4.78 is 19.4. The van der Waals surface area contributed by atoms with E-state index in [1.54, 1.807) is 12.1 Å². The molecule has 1 saturated carbocycles. The fourth-order valence-electron chi connectivity index (χ4n) is 3.95. The first-order chi connectivity index (χ1) is 9.76. The fourth-order valence-corrected chi connectivity index (χ4v) is 3.95. The van der Waals surface area contributed by atoms with Crippen molar-refractivity contribution in [2.24, 2.45) is 11.8 Å². The highest BCUT2D eigenvalue weighted by Gasteiger charge is 2.31. The van der Waals surface area contributed by atoms with E-state index in [9.17, 15) is 4.39 Å². The second kappa shape index (κ2) is 6.15. The van der Waals surface area contributed by atoms with Gasteiger partial charge in [0.1, 0.15) is 17.7 Å². The Balaban J connectivity index is 1.60. The number of hydrogen-bond donors (Lipinski definition) is 0. The average molecular weight is 276 g/mol. The van der Waals surface area contributed by atoms with Gasteiger partial charge in [-0.25, -0.2) is 4.39 Å². The number of benzene rings is 1. The third kappa shape index (κ3) is 2.99. The van der Waals surface area contributed by atoms with Crippen molar-refractivity contribution in [1.82, 2.24) is 0 Å². The molecule has 1 atom stereocenters. The lowest BCUT2D eigenvalue weighted by Crippen LogP contribution is -2.33. The molecule has 1 aliphatic carbocycles. The van der Waals surface area contributed by atoms with Gasteiger partial charge in [-0.05, 0) is 49.1 Å². The predicted molar refractivity (Wildman–Crippen MR) is 79.5 cm³/mol. The summed E-state index contributed by atoms with van der Waals surface area (Å²) in [7, 11) is 0. The van der Waals surface area contributed by atoms with Crippen LogP contribution in [0.25, 0.3) is 0 Å². The lowest BCUT2D eigenvalue weighted by Gasteiger charge is -2.36. The summed E-state index contributed by atoms with van der Waals surface area (Å²) in [5, 5.41) is 0. The quantitative estimate of drug-likeness (QED) is 0.744. The number of fused-ring (bicyclic) bond motifs is 1. The molecule has 0 spiro atoms. The zero-order chi connectivity index (χ0) is 13.9. The van der Waals surface area contributed by atoms with Gasteiger partial charge in [-0.3, -0.25) is 0 Å². The molecule has 2 heteroatoms. The van der Waals surface area contributed by atoms with Gasteiger partial charge in [-0.15, -0.1) is 0 Å². The maximum atomic E-state index is 13.3. The van der Waals surface area contributed by atoms with Crippen LogP contribution < -0.4 is 4.74 Å². The molecule has 0 bridgehead atoms.